The number of benzene rings is 2. The highest BCUT2D eigenvalue weighted by Crippen LogP contribution is 2.21. The van der Waals surface area contributed by atoms with Gasteiger partial charge in [-0.15, -0.1) is 0 Å². The number of hydrogen-bond acceptors (Lipinski definition) is 3. The van der Waals surface area contributed by atoms with E-state index < -0.39 is 6.10 Å². The number of carbonyl (C=O) groups is 1. The maximum absolute atomic E-state index is 12.4. The molecule has 4 nitrogen and oxygen atoms in total. The lowest BCUT2D eigenvalue weighted by Gasteiger charge is -2.20. The van der Waals surface area contributed by atoms with Crippen molar-refractivity contribution in [3.05, 3.63) is 59.7 Å². The summed E-state index contributed by atoms with van der Waals surface area (Å²) in [6, 6.07) is 15.4. The van der Waals surface area contributed by atoms with Gasteiger partial charge in [0.25, 0.3) is 5.91 Å². The van der Waals surface area contributed by atoms with Gasteiger partial charge >= 0.3 is 0 Å². The molecule has 0 aliphatic heterocycles. The molecule has 4 heteroatoms. The van der Waals surface area contributed by atoms with Crippen LogP contribution in [0.2, 0.25) is 0 Å². The number of carbonyl (C=O) groups excluding carboxylic acids is 1. The minimum atomic E-state index is -0.557. The molecule has 2 atom stereocenters. The molecule has 0 aromatic heterocycles. The zero-order valence-electron chi connectivity index (χ0n) is 14.7. The van der Waals surface area contributed by atoms with Crippen LogP contribution in [-0.2, 0) is 11.2 Å². The summed E-state index contributed by atoms with van der Waals surface area (Å²) in [5, 5.41) is 2.99. The Balaban J connectivity index is 1.97. The Morgan fingerprint density at radius 3 is 2.38 bits per heavy atom. The number of nitrogens with one attached hydrogen (secondary N) is 1. The van der Waals surface area contributed by atoms with Crippen molar-refractivity contribution in [2.75, 3.05) is 7.11 Å². The largest absolute Gasteiger partial charge is 0.497 e. The van der Waals surface area contributed by atoms with E-state index >= 15 is 0 Å². The summed E-state index contributed by atoms with van der Waals surface area (Å²) in [6.45, 7) is 5.79. The molecule has 2 aromatic rings. The Labute approximate surface area is 143 Å². The van der Waals surface area contributed by atoms with Gasteiger partial charge in [0.2, 0.25) is 0 Å². The first kappa shape index (κ1) is 17.9. The number of para-hydroxylation sites is 1. The minimum absolute atomic E-state index is 0.101. The molecule has 0 saturated heterocycles. The van der Waals surface area contributed by atoms with Gasteiger partial charge in [0.05, 0.1) is 13.2 Å². The van der Waals surface area contributed by atoms with Gasteiger partial charge in [-0.25, -0.2) is 0 Å². The quantitative estimate of drug-likeness (QED) is 0.839. The lowest BCUT2D eigenvalue weighted by atomic mass is 10.1. The monoisotopic (exact) mass is 327 g/mol. The average molecular weight is 327 g/mol. The van der Waals surface area contributed by atoms with Crippen molar-refractivity contribution < 1.29 is 14.3 Å². The van der Waals surface area contributed by atoms with Crippen molar-refractivity contribution in [2.45, 2.75) is 39.3 Å². The maximum Gasteiger partial charge on any atom is 0.261 e. The summed E-state index contributed by atoms with van der Waals surface area (Å²) in [5.41, 5.74) is 2.12. The van der Waals surface area contributed by atoms with Crippen LogP contribution in [0, 0.1) is 0 Å². The van der Waals surface area contributed by atoms with Gasteiger partial charge in [0.15, 0.2) is 6.10 Å². The number of methoxy groups -OCH3 is 1. The smallest absolute Gasteiger partial charge is 0.261 e. The molecule has 24 heavy (non-hydrogen) atoms. The highest BCUT2D eigenvalue weighted by molar-refractivity contribution is 5.81. The van der Waals surface area contributed by atoms with Crippen molar-refractivity contribution in [2.24, 2.45) is 0 Å². The minimum Gasteiger partial charge on any atom is -0.497 e. The predicted molar refractivity (Wildman–Crippen MR) is 95.5 cm³/mol. The van der Waals surface area contributed by atoms with Crippen molar-refractivity contribution in [1.29, 1.82) is 0 Å². The highest BCUT2D eigenvalue weighted by Gasteiger charge is 2.18. The molecule has 2 aromatic carbocycles. The lowest BCUT2D eigenvalue weighted by Crippen LogP contribution is -2.37. The molecule has 0 spiro atoms. The average Bonchev–Trinajstić information content (AvgIpc) is 2.62. The van der Waals surface area contributed by atoms with Gasteiger partial charge in [-0.3, -0.25) is 4.79 Å². The van der Waals surface area contributed by atoms with Crippen LogP contribution in [0.4, 0.5) is 0 Å². The molecule has 1 amide bonds. The summed E-state index contributed by atoms with van der Waals surface area (Å²) >= 11 is 0. The summed E-state index contributed by atoms with van der Waals surface area (Å²) in [5.74, 6) is 1.43. The van der Waals surface area contributed by atoms with Crippen LogP contribution >= 0.6 is 0 Å². The maximum atomic E-state index is 12.4. The van der Waals surface area contributed by atoms with E-state index in [1.807, 2.05) is 55.5 Å². The summed E-state index contributed by atoms with van der Waals surface area (Å²) in [6.07, 6.45) is 0.311. The molecular weight excluding hydrogens is 302 g/mol. The first-order chi connectivity index (χ1) is 11.5. The van der Waals surface area contributed by atoms with Crippen LogP contribution in [0.3, 0.4) is 0 Å². The van der Waals surface area contributed by atoms with Gasteiger partial charge in [0.1, 0.15) is 11.5 Å². The standard InChI is InChI=1S/C20H25NO3/c1-5-16-8-6-7-9-19(16)24-15(3)20(22)21-14(2)17-10-12-18(23-4)13-11-17/h6-15H,5H2,1-4H3,(H,21,22)/t14-,15+/m1/s1. The van der Waals surface area contributed by atoms with Crippen LogP contribution in [0.15, 0.2) is 48.5 Å². The van der Waals surface area contributed by atoms with Gasteiger partial charge in [-0.2, -0.15) is 0 Å². The fourth-order valence-corrected chi connectivity index (χ4v) is 2.46. The van der Waals surface area contributed by atoms with Crippen LogP contribution in [0.5, 0.6) is 11.5 Å². The van der Waals surface area contributed by atoms with Crippen LogP contribution in [0.1, 0.15) is 37.9 Å². The Bertz CT molecular complexity index is 667. The fraction of sp³-hybridized carbons (Fsp3) is 0.350. The van der Waals surface area contributed by atoms with Gasteiger partial charge < -0.3 is 14.8 Å². The first-order valence-corrected chi connectivity index (χ1v) is 8.24. The molecule has 0 heterocycles. The van der Waals surface area contributed by atoms with E-state index in [-0.39, 0.29) is 11.9 Å². The number of rotatable bonds is 7. The van der Waals surface area contributed by atoms with Gasteiger partial charge in [-0.1, -0.05) is 37.3 Å². The molecule has 0 radical (unpaired) electrons. The molecule has 0 bridgehead atoms. The van der Waals surface area contributed by atoms with Crippen molar-refractivity contribution >= 4 is 5.91 Å². The molecule has 128 valence electrons. The Hall–Kier alpha value is -2.49. The summed E-state index contributed by atoms with van der Waals surface area (Å²) in [7, 11) is 1.63. The Morgan fingerprint density at radius 1 is 1.08 bits per heavy atom. The Morgan fingerprint density at radius 2 is 1.75 bits per heavy atom. The van der Waals surface area contributed by atoms with E-state index in [1.165, 1.54) is 0 Å². The number of aryl methyl sites for hydroxylation is 1. The zero-order chi connectivity index (χ0) is 17.5. The second-order valence-electron chi connectivity index (χ2n) is 5.72. The SMILES string of the molecule is CCc1ccccc1O[C@@H](C)C(=O)N[C@H](C)c1ccc(OC)cc1. The second kappa shape index (κ2) is 8.39. The van der Waals surface area contributed by atoms with E-state index in [0.717, 1.165) is 29.0 Å². The predicted octanol–water partition coefficient (Wildman–Crippen LogP) is 3.90. The number of hydrogen-bond donors (Lipinski definition) is 1. The molecule has 1 N–H and O–H groups in total. The van der Waals surface area contributed by atoms with E-state index in [0.29, 0.717) is 0 Å². The molecule has 0 fully saturated rings. The topological polar surface area (TPSA) is 47.6 Å². The van der Waals surface area contributed by atoms with Crippen molar-refractivity contribution in [3.8, 4) is 11.5 Å². The molecule has 0 aliphatic carbocycles. The molecule has 2 rings (SSSR count). The van der Waals surface area contributed by atoms with Crippen molar-refractivity contribution in [1.82, 2.24) is 5.32 Å². The molecular formula is C20H25NO3. The van der Waals surface area contributed by atoms with E-state index in [9.17, 15) is 4.79 Å². The van der Waals surface area contributed by atoms with E-state index in [4.69, 9.17) is 9.47 Å². The van der Waals surface area contributed by atoms with E-state index in [2.05, 4.69) is 12.2 Å². The molecule has 0 aliphatic rings. The normalized spacial score (nSPS) is 13.0. The number of amides is 1. The third-order valence-corrected chi connectivity index (χ3v) is 4.00. The second-order valence-corrected chi connectivity index (χ2v) is 5.72. The third-order valence-electron chi connectivity index (χ3n) is 4.00. The zero-order valence-corrected chi connectivity index (χ0v) is 14.7. The number of ether oxygens (including phenoxy) is 2. The van der Waals surface area contributed by atoms with Crippen LogP contribution < -0.4 is 14.8 Å². The van der Waals surface area contributed by atoms with Gasteiger partial charge in [0, 0.05) is 0 Å². The Kier molecular flexibility index (Phi) is 6.24. The molecule has 0 unspecified atom stereocenters. The first-order valence-electron chi connectivity index (χ1n) is 8.24. The third kappa shape index (κ3) is 4.51. The van der Waals surface area contributed by atoms with Gasteiger partial charge in [-0.05, 0) is 49.6 Å². The van der Waals surface area contributed by atoms with Crippen molar-refractivity contribution in [3.63, 3.8) is 0 Å². The van der Waals surface area contributed by atoms with Crippen LogP contribution in [0.25, 0.3) is 0 Å². The van der Waals surface area contributed by atoms with E-state index in [1.54, 1.807) is 14.0 Å². The van der Waals surface area contributed by atoms with Crippen LogP contribution in [-0.4, -0.2) is 19.1 Å². The fourth-order valence-electron chi connectivity index (χ4n) is 2.46. The summed E-state index contributed by atoms with van der Waals surface area (Å²) in [4.78, 5) is 12.4. The lowest BCUT2D eigenvalue weighted by molar-refractivity contribution is -0.127. The highest BCUT2D eigenvalue weighted by atomic mass is 16.5. The molecule has 0 saturated carbocycles. The summed E-state index contributed by atoms with van der Waals surface area (Å²) < 4.78 is 11.0.